The highest BCUT2D eigenvalue weighted by Gasteiger charge is 2.19. The number of pyridine rings is 1. The first-order valence-corrected chi connectivity index (χ1v) is 7.23. The molecule has 2 heterocycles. The molecule has 1 saturated heterocycles. The average molecular weight is 300 g/mol. The van der Waals surface area contributed by atoms with Gasteiger partial charge in [0, 0.05) is 24.3 Å². The Morgan fingerprint density at radius 2 is 1.86 bits per heavy atom. The number of ether oxygens (including phenoxy) is 1. The molecule has 2 aromatic rings. The summed E-state index contributed by atoms with van der Waals surface area (Å²) in [5, 5.41) is 10.1. The van der Waals surface area contributed by atoms with Gasteiger partial charge in [-0.05, 0) is 43.2 Å². The van der Waals surface area contributed by atoms with Gasteiger partial charge in [0.25, 0.3) is 0 Å². The number of nitriles is 1. The predicted octanol–water partition coefficient (Wildman–Crippen LogP) is 4.00. The minimum atomic E-state index is 0.337. The first-order valence-electron chi connectivity index (χ1n) is 6.85. The van der Waals surface area contributed by atoms with Crippen LogP contribution >= 0.6 is 11.6 Å². The summed E-state index contributed by atoms with van der Waals surface area (Å²) >= 11 is 5.85. The monoisotopic (exact) mass is 299 g/mol. The first-order chi connectivity index (χ1) is 10.3. The fourth-order valence-corrected chi connectivity index (χ4v) is 2.58. The molecule has 0 radical (unpaired) electrons. The topological polar surface area (TPSA) is 49.2 Å². The van der Waals surface area contributed by atoms with E-state index in [-0.39, 0.29) is 0 Å². The van der Waals surface area contributed by atoms with Gasteiger partial charge in [0.15, 0.2) is 0 Å². The van der Waals surface area contributed by atoms with Gasteiger partial charge >= 0.3 is 0 Å². The van der Waals surface area contributed by atoms with Crippen LogP contribution in [0, 0.1) is 11.3 Å². The molecule has 106 valence electrons. The Balaban J connectivity index is 1.93. The number of halogens is 1. The number of benzene rings is 1. The third kappa shape index (κ3) is 2.93. The SMILES string of the molecule is N#Cc1c(N2CCCC2)ccnc1Oc1ccc(Cl)cc1. The van der Waals surface area contributed by atoms with Crippen LogP contribution in [0.4, 0.5) is 5.69 Å². The third-order valence-corrected chi connectivity index (χ3v) is 3.73. The van der Waals surface area contributed by atoms with E-state index in [9.17, 15) is 5.26 Å². The predicted molar refractivity (Wildman–Crippen MR) is 81.9 cm³/mol. The zero-order valence-corrected chi connectivity index (χ0v) is 12.2. The molecule has 1 aromatic heterocycles. The lowest BCUT2D eigenvalue weighted by molar-refractivity contribution is 0.461. The van der Waals surface area contributed by atoms with Gasteiger partial charge < -0.3 is 9.64 Å². The van der Waals surface area contributed by atoms with Gasteiger partial charge in [-0.3, -0.25) is 0 Å². The van der Waals surface area contributed by atoms with Crippen LogP contribution in [0.15, 0.2) is 36.5 Å². The molecule has 1 fully saturated rings. The van der Waals surface area contributed by atoms with E-state index < -0.39 is 0 Å². The van der Waals surface area contributed by atoms with Gasteiger partial charge in [-0.2, -0.15) is 5.26 Å². The molecule has 1 aromatic carbocycles. The summed E-state index contributed by atoms with van der Waals surface area (Å²) in [7, 11) is 0. The van der Waals surface area contributed by atoms with E-state index in [1.807, 2.05) is 6.07 Å². The molecule has 1 aliphatic rings. The molecule has 0 N–H and O–H groups in total. The largest absolute Gasteiger partial charge is 0.438 e. The maximum Gasteiger partial charge on any atom is 0.239 e. The Bertz CT molecular complexity index is 673. The number of hydrogen-bond donors (Lipinski definition) is 0. The Kier molecular flexibility index (Phi) is 3.94. The Morgan fingerprint density at radius 3 is 2.52 bits per heavy atom. The standard InChI is InChI=1S/C16H14ClN3O/c17-12-3-5-13(6-4-12)21-16-14(11-18)15(7-8-19-16)20-9-1-2-10-20/h3-8H,1-2,9-10H2. The lowest BCUT2D eigenvalue weighted by atomic mass is 10.2. The van der Waals surface area contributed by atoms with Gasteiger partial charge in [0.05, 0.1) is 5.69 Å². The van der Waals surface area contributed by atoms with Crippen LogP contribution in [0.25, 0.3) is 0 Å². The minimum Gasteiger partial charge on any atom is -0.438 e. The van der Waals surface area contributed by atoms with Gasteiger partial charge in [0.1, 0.15) is 17.4 Å². The van der Waals surface area contributed by atoms with Crippen molar-refractivity contribution in [3.8, 4) is 17.7 Å². The van der Waals surface area contributed by atoms with Crippen LogP contribution in [0.2, 0.25) is 5.02 Å². The van der Waals surface area contributed by atoms with Crippen molar-refractivity contribution in [2.24, 2.45) is 0 Å². The van der Waals surface area contributed by atoms with Crippen molar-refractivity contribution in [3.63, 3.8) is 0 Å². The maximum absolute atomic E-state index is 9.46. The summed E-state index contributed by atoms with van der Waals surface area (Å²) in [5.41, 5.74) is 1.38. The van der Waals surface area contributed by atoms with Crippen molar-refractivity contribution in [2.45, 2.75) is 12.8 Å². The highest BCUT2D eigenvalue weighted by Crippen LogP contribution is 2.31. The number of anilines is 1. The van der Waals surface area contributed by atoms with E-state index in [0.29, 0.717) is 22.2 Å². The second kappa shape index (κ2) is 6.02. The zero-order chi connectivity index (χ0) is 14.7. The maximum atomic E-state index is 9.46. The summed E-state index contributed by atoms with van der Waals surface area (Å²) in [6, 6.07) is 11.1. The van der Waals surface area contributed by atoms with Crippen LogP contribution in [0.3, 0.4) is 0 Å². The molecule has 0 unspecified atom stereocenters. The Labute approximate surface area is 128 Å². The van der Waals surface area contributed by atoms with Gasteiger partial charge in [-0.15, -0.1) is 0 Å². The van der Waals surface area contributed by atoms with Crippen molar-refractivity contribution in [1.82, 2.24) is 4.98 Å². The lowest BCUT2D eigenvalue weighted by Gasteiger charge is -2.19. The number of hydrogen-bond acceptors (Lipinski definition) is 4. The van der Waals surface area contributed by atoms with Crippen LogP contribution in [-0.4, -0.2) is 18.1 Å². The third-order valence-electron chi connectivity index (χ3n) is 3.48. The fraction of sp³-hybridized carbons (Fsp3) is 0.250. The Hall–Kier alpha value is -2.25. The molecule has 3 rings (SSSR count). The van der Waals surface area contributed by atoms with E-state index in [1.54, 1.807) is 30.5 Å². The van der Waals surface area contributed by atoms with Gasteiger partial charge in [-0.1, -0.05) is 11.6 Å². The van der Waals surface area contributed by atoms with Crippen molar-refractivity contribution in [1.29, 1.82) is 5.26 Å². The number of aromatic nitrogens is 1. The van der Waals surface area contributed by atoms with Crippen LogP contribution in [0.5, 0.6) is 11.6 Å². The van der Waals surface area contributed by atoms with Crippen molar-refractivity contribution in [2.75, 3.05) is 18.0 Å². The van der Waals surface area contributed by atoms with E-state index in [1.165, 1.54) is 0 Å². The van der Waals surface area contributed by atoms with Gasteiger partial charge in [-0.25, -0.2) is 4.98 Å². The highest BCUT2D eigenvalue weighted by molar-refractivity contribution is 6.30. The molecule has 0 amide bonds. The number of rotatable bonds is 3. The first kappa shape index (κ1) is 13.7. The molecular weight excluding hydrogens is 286 g/mol. The lowest BCUT2D eigenvalue weighted by Crippen LogP contribution is -2.19. The molecular formula is C16H14ClN3O. The van der Waals surface area contributed by atoms with Crippen LogP contribution < -0.4 is 9.64 Å². The second-order valence-electron chi connectivity index (χ2n) is 4.87. The van der Waals surface area contributed by atoms with Crippen LogP contribution in [0.1, 0.15) is 18.4 Å². The molecule has 4 nitrogen and oxygen atoms in total. The summed E-state index contributed by atoms with van der Waals surface area (Å²) in [6.07, 6.45) is 3.99. The molecule has 0 aliphatic carbocycles. The highest BCUT2D eigenvalue weighted by atomic mass is 35.5. The van der Waals surface area contributed by atoms with Crippen molar-refractivity contribution < 1.29 is 4.74 Å². The summed E-state index contributed by atoms with van der Waals surface area (Å²) in [4.78, 5) is 6.40. The van der Waals surface area contributed by atoms with Crippen molar-refractivity contribution in [3.05, 3.63) is 47.1 Å². The normalized spacial score (nSPS) is 14.0. The molecule has 1 aliphatic heterocycles. The van der Waals surface area contributed by atoms with Crippen LogP contribution in [-0.2, 0) is 0 Å². The quantitative estimate of drug-likeness (QED) is 0.859. The minimum absolute atomic E-state index is 0.337. The summed E-state index contributed by atoms with van der Waals surface area (Å²) in [6.45, 7) is 1.94. The fourth-order valence-electron chi connectivity index (χ4n) is 2.45. The average Bonchev–Trinajstić information content (AvgIpc) is 3.03. The molecule has 0 spiro atoms. The van der Waals surface area contributed by atoms with Gasteiger partial charge in [0.2, 0.25) is 5.88 Å². The molecule has 0 saturated carbocycles. The molecule has 0 atom stereocenters. The smallest absolute Gasteiger partial charge is 0.239 e. The van der Waals surface area contributed by atoms with E-state index in [4.69, 9.17) is 16.3 Å². The summed E-state index contributed by atoms with van der Waals surface area (Å²) in [5.74, 6) is 0.950. The zero-order valence-electron chi connectivity index (χ0n) is 11.4. The molecule has 21 heavy (non-hydrogen) atoms. The molecule has 5 heteroatoms. The van der Waals surface area contributed by atoms with Crippen molar-refractivity contribution >= 4 is 17.3 Å². The second-order valence-corrected chi connectivity index (χ2v) is 5.31. The summed E-state index contributed by atoms with van der Waals surface area (Å²) < 4.78 is 5.74. The van der Waals surface area contributed by atoms with E-state index in [0.717, 1.165) is 31.6 Å². The van der Waals surface area contributed by atoms with E-state index in [2.05, 4.69) is 16.0 Å². The van der Waals surface area contributed by atoms with E-state index >= 15 is 0 Å². The Morgan fingerprint density at radius 1 is 1.14 bits per heavy atom. The molecule has 0 bridgehead atoms. The number of nitrogens with zero attached hydrogens (tertiary/aromatic N) is 3.